The lowest BCUT2D eigenvalue weighted by Gasteiger charge is -2.05. The third-order valence-corrected chi connectivity index (χ3v) is 12.0. The molecule has 0 atom stereocenters. The van der Waals surface area contributed by atoms with Crippen molar-refractivity contribution in [3.63, 3.8) is 0 Å². The maximum atomic E-state index is 2.50. The Kier molecular flexibility index (Phi) is 6.95. The Balaban J connectivity index is 1.53. The molecule has 1 aromatic carbocycles. The highest BCUT2D eigenvalue weighted by Crippen LogP contribution is 2.50. The van der Waals surface area contributed by atoms with Crippen LogP contribution >= 0.6 is 45.3 Å². The number of hydrogen-bond donors (Lipinski definition) is 0. The van der Waals surface area contributed by atoms with Crippen molar-refractivity contribution < 1.29 is 0 Å². The van der Waals surface area contributed by atoms with E-state index in [0.717, 1.165) is 0 Å². The third kappa shape index (κ3) is 4.06. The fourth-order valence-corrected chi connectivity index (χ4v) is 10.6. The van der Waals surface area contributed by atoms with Crippen molar-refractivity contribution in [3.05, 3.63) is 33.0 Å². The molecule has 4 heterocycles. The van der Waals surface area contributed by atoms with Crippen molar-refractivity contribution in [2.75, 3.05) is 0 Å². The summed E-state index contributed by atoms with van der Waals surface area (Å²) in [6, 6.07) is 5.00. The van der Waals surface area contributed by atoms with Crippen molar-refractivity contribution in [3.8, 4) is 0 Å². The van der Waals surface area contributed by atoms with Crippen LogP contribution in [-0.2, 0) is 12.8 Å². The maximum Gasteiger partial charge on any atom is 0.0535 e. The van der Waals surface area contributed by atoms with E-state index in [-0.39, 0.29) is 0 Å². The van der Waals surface area contributed by atoms with E-state index in [9.17, 15) is 0 Å². The fraction of sp³-hybridized carbons (Fsp3) is 0.500. The zero-order chi connectivity index (χ0) is 22.2. The number of benzene rings is 1. The highest BCUT2D eigenvalue weighted by molar-refractivity contribution is 7.34. The van der Waals surface area contributed by atoms with Crippen LogP contribution in [0.2, 0.25) is 0 Å². The molecule has 0 aliphatic rings. The van der Waals surface area contributed by atoms with Gasteiger partial charge in [0.05, 0.1) is 9.40 Å². The van der Waals surface area contributed by atoms with Crippen molar-refractivity contribution in [2.45, 2.75) is 91.9 Å². The minimum atomic E-state index is 1.25. The van der Waals surface area contributed by atoms with Gasteiger partial charge in [-0.2, -0.15) is 0 Å². The number of hydrogen-bond acceptors (Lipinski definition) is 4. The van der Waals surface area contributed by atoms with Crippen molar-refractivity contribution in [1.29, 1.82) is 0 Å². The van der Waals surface area contributed by atoms with Crippen LogP contribution < -0.4 is 0 Å². The average Bonchev–Trinajstić information content (AvgIpc) is 3.51. The number of rotatable bonds is 10. The van der Waals surface area contributed by atoms with E-state index in [1.165, 1.54) is 94.1 Å². The zero-order valence-electron chi connectivity index (χ0n) is 19.9. The summed E-state index contributed by atoms with van der Waals surface area (Å²) in [5.74, 6) is 0. The number of unbranched alkanes of at least 4 members (excludes halogenated alkanes) is 6. The first-order chi connectivity index (χ1) is 15.6. The molecule has 0 aliphatic heterocycles. The van der Waals surface area contributed by atoms with Crippen molar-refractivity contribution >= 4 is 84.3 Å². The molecule has 0 radical (unpaired) electrons. The van der Waals surface area contributed by atoms with E-state index in [1.54, 1.807) is 29.9 Å². The molecule has 0 aliphatic carbocycles. The molecule has 0 bridgehead atoms. The number of fused-ring (bicyclic) bond motifs is 6. The van der Waals surface area contributed by atoms with Crippen LogP contribution in [0.3, 0.4) is 0 Å². The largest absolute Gasteiger partial charge is 0.139 e. The van der Waals surface area contributed by atoms with Crippen LogP contribution in [0.4, 0.5) is 0 Å². The molecule has 170 valence electrons. The van der Waals surface area contributed by atoms with Crippen LogP contribution in [0.25, 0.3) is 39.0 Å². The summed E-state index contributed by atoms with van der Waals surface area (Å²) >= 11 is 8.21. The Bertz CT molecular complexity index is 1260. The Morgan fingerprint density at radius 1 is 0.531 bits per heavy atom. The topological polar surface area (TPSA) is 0 Å². The maximum absolute atomic E-state index is 2.50. The van der Waals surface area contributed by atoms with Gasteiger partial charge < -0.3 is 0 Å². The summed E-state index contributed by atoms with van der Waals surface area (Å²) in [5, 5.41) is 3.10. The lowest BCUT2D eigenvalue weighted by Crippen LogP contribution is -1.82. The summed E-state index contributed by atoms with van der Waals surface area (Å²) in [6.07, 6.45) is 13.3. The lowest BCUT2D eigenvalue weighted by atomic mass is 10.0. The standard InChI is InChI=1S/C28H34S4/c1-5-7-9-11-13-19-15-21-27(29-19)23-17(3)26-24(18(4)25(23)31-21)28-22(32-26)16-20(30-28)14-12-10-8-6-2/h15-16H,5-14H2,1-4H3. The van der Waals surface area contributed by atoms with Crippen LogP contribution in [-0.4, -0.2) is 0 Å². The van der Waals surface area contributed by atoms with Crippen LogP contribution in [0.1, 0.15) is 86.1 Å². The van der Waals surface area contributed by atoms with Gasteiger partial charge in [0.2, 0.25) is 0 Å². The first kappa shape index (κ1) is 22.8. The lowest BCUT2D eigenvalue weighted by molar-refractivity contribution is 0.670. The summed E-state index contributed by atoms with van der Waals surface area (Å²) < 4.78 is 9.19. The first-order valence-electron chi connectivity index (χ1n) is 12.4. The summed E-state index contributed by atoms with van der Waals surface area (Å²) in [6.45, 7) is 9.34. The predicted octanol–water partition coefficient (Wildman–Crippen LogP) is 11.4. The van der Waals surface area contributed by atoms with E-state index in [2.05, 4.69) is 62.5 Å². The molecule has 0 saturated heterocycles. The molecule has 0 saturated carbocycles. The van der Waals surface area contributed by atoms with Crippen molar-refractivity contribution in [2.24, 2.45) is 0 Å². The first-order valence-corrected chi connectivity index (χ1v) is 15.7. The second-order valence-electron chi connectivity index (χ2n) is 9.30. The smallest absolute Gasteiger partial charge is 0.0535 e. The molecule has 0 fully saturated rings. The fourth-order valence-electron chi connectivity index (χ4n) is 5.01. The third-order valence-electron chi connectivity index (χ3n) is 6.81. The zero-order valence-corrected chi connectivity index (χ0v) is 23.1. The number of aryl methyl sites for hydroxylation is 4. The molecular formula is C28H34S4. The van der Waals surface area contributed by atoms with Gasteiger partial charge >= 0.3 is 0 Å². The van der Waals surface area contributed by atoms with E-state index in [4.69, 9.17) is 0 Å². The molecular weight excluding hydrogens is 465 g/mol. The van der Waals surface area contributed by atoms with E-state index in [1.807, 2.05) is 22.7 Å². The Labute approximate surface area is 208 Å². The quantitative estimate of drug-likeness (QED) is 0.168. The molecule has 0 N–H and O–H groups in total. The average molecular weight is 499 g/mol. The molecule has 4 aromatic heterocycles. The van der Waals surface area contributed by atoms with Crippen LogP contribution in [0, 0.1) is 13.8 Å². The van der Waals surface area contributed by atoms with Gasteiger partial charge in [-0.3, -0.25) is 0 Å². The van der Waals surface area contributed by atoms with Gasteiger partial charge in [-0.1, -0.05) is 52.4 Å². The molecule has 32 heavy (non-hydrogen) atoms. The molecule has 4 heteroatoms. The minimum Gasteiger partial charge on any atom is -0.139 e. The molecule has 0 spiro atoms. The predicted molar refractivity (Wildman–Crippen MR) is 153 cm³/mol. The SMILES string of the molecule is CCCCCCc1cc2sc3c(C)c4c(sc5cc(CCCCCC)sc54)c(C)c3c2s1. The van der Waals surface area contributed by atoms with Crippen LogP contribution in [0.15, 0.2) is 12.1 Å². The Morgan fingerprint density at radius 2 is 0.969 bits per heavy atom. The molecule has 0 amide bonds. The summed E-state index contributed by atoms with van der Waals surface area (Å²) in [7, 11) is 0. The van der Waals surface area contributed by atoms with Gasteiger partial charge in [-0.25, -0.2) is 0 Å². The van der Waals surface area contributed by atoms with Gasteiger partial charge in [0.15, 0.2) is 0 Å². The van der Waals surface area contributed by atoms with Gasteiger partial charge in [-0.15, -0.1) is 45.3 Å². The minimum absolute atomic E-state index is 1.25. The second-order valence-corrected chi connectivity index (χ2v) is 13.7. The van der Waals surface area contributed by atoms with Crippen molar-refractivity contribution in [1.82, 2.24) is 0 Å². The molecule has 0 nitrogen and oxygen atoms in total. The molecule has 5 aromatic rings. The molecule has 5 rings (SSSR count). The van der Waals surface area contributed by atoms with Crippen LogP contribution in [0.5, 0.6) is 0 Å². The highest BCUT2D eigenvalue weighted by atomic mass is 32.1. The van der Waals surface area contributed by atoms with Gasteiger partial charge in [0.1, 0.15) is 0 Å². The van der Waals surface area contributed by atoms with Gasteiger partial charge in [0, 0.05) is 39.3 Å². The highest BCUT2D eigenvalue weighted by Gasteiger charge is 2.21. The Morgan fingerprint density at radius 3 is 1.38 bits per heavy atom. The normalized spacial score (nSPS) is 12.4. The Hall–Kier alpha value is -0.940. The summed E-state index contributed by atoms with van der Waals surface area (Å²) in [4.78, 5) is 3.17. The second kappa shape index (κ2) is 9.74. The van der Waals surface area contributed by atoms with Gasteiger partial charge in [0.25, 0.3) is 0 Å². The molecule has 0 unspecified atom stereocenters. The van der Waals surface area contributed by atoms with E-state index in [0.29, 0.717) is 0 Å². The van der Waals surface area contributed by atoms with E-state index >= 15 is 0 Å². The van der Waals surface area contributed by atoms with E-state index < -0.39 is 0 Å². The monoisotopic (exact) mass is 498 g/mol. The number of thiophene rings is 4. The van der Waals surface area contributed by atoms with Gasteiger partial charge in [-0.05, 0) is 62.8 Å². The summed E-state index contributed by atoms with van der Waals surface area (Å²) in [5.41, 5.74) is 3.04.